The number of aromatic amines is 1. The number of rotatable bonds is 11. The summed E-state index contributed by atoms with van der Waals surface area (Å²) >= 11 is 0. The number of H-pyrrole nitrogens is 1. The number of ether oxygens (including phenoxy) is 2. The second-order valence-corrected chi connectivity index (χ2v) is 12.4. The summed E-state index contributed by atoms with van der Waals surface area (Å²) in [5, 5.41) is 52.5. The summed E-state index contributed by atoms with van der Waals surface area (Å²) in [6.07, 6.45) is -13.1. The Bertz CT molecular complexity index is 1290. The fourth-order valence-electron chi connectivity index (χ4n) is 3.85. The van der Waals surface area contributed by atoms with Gasteiger partial charge in [0, 0.05) is 18.2 Å². The predicted octanol–water partition coefficient (Wildman–Crippen LogP) is -4.01. The maximum Gasteiger partial charge on any atom is 0.483 e. The van der Waals surface area contributed by atoms with Crippen LogP contribution in [0.2, 0.25) is 0 Å². The molecule has 1 aromatic heterocycles. The van der Waals surface area contributed by atoms with Gasteiger partial charge in [-0.2, -0.15) is 4.31 Å². The van der Waals surface area contributed by atoms with Crippen LogP contribution in [0.25, 0.3) is 0 Å². The molecule has 1 amide bonds. The van der Waals surface area contributed by atoms with E-state index in [-0.39, 0.29) is 0 Å². The SMILES string of the molecule is CC(C)C(=O)N[C@H]1[C@@H](OP(=O)(O)OP(=O)(O)OC[C@H]2O[C@@H](n3ccc(=O)[nH]c3=O)[C@H](O)[C@@H]2O)O[C@H](CO)[C@@H](O)[C@@H]1O. The molecule has 3 heterocycles. The average molecular weight is 635 g/mol. The lowest BCUT2D eigenvalue weighted by molar-refractivity contribution is -0.248. The van der Waals surface area contributed by atoms with Gasteiger partial charge in [0.2, 0.25) is 5.91 Å². The van der Waals surface area contributed by atoms with Crippen LogP contribution in [0.5, 0.6) is 0 Å². The van der Waals surface area contributed by atoms with Crippen molar-refractivity contribution in [3.63, 3.8) is 0 Å². The molecule has 0 spiro atoms. The summed E-state index contributed by atoms with van der Waals surface area (Å²) in [5.41, 5.74) is -1.75. The van der Waals surface area contributed by atoms with E-state index in [0.717, 1.165) is 16.8 Å². The Morgan fingerprint density at radius 1 is 1.05 bits per heavy atom. The molecule has 1 aromatic rings. The largest absolute Gasteiger partial charge is 0.483 e. The number of aliphatic hydroxyl groups is 5. The quantitative estimate of drug-likeness (QED) is 0.105. The van der Waals surface area contributed by atoms with Crippen molar-refractivity contribution < 1.29 is 72.1 Å². The van der Waals surface area contributed by atoms with Crippen LogP contribution in [0.15, 0.2) is 21.9 Å². The second-order valence-electron chi connectivity index (χ2n) is 9.38. The normalized spacial score (nSPS) is 35.1. The Balaban J connectivity index is 1.67. The standard InChI is InChI=1S/C19H31N3O17P2/c1-7(2)16(29)21-11-14(27)12(25)8(5-23)37-18(11)38-41(33,34)39-40(31,32)35-6-9-13(26)15(28)17(36-9)22-4-3-10(24)20-19(22)30/h3-4,7-9,11-15,17-18,23,25-28H,5-6H2,1-2H3,(H,21,29)(H,31,32)(H,33,34)(H,20,24,30)/t8-,9-,11-,12-,13-,14-,15-,17-,18-/m1/s1. The smallest absolute Gasteiger partial charge is 0.394 e. The number of nitrogens with one attached hydrogen (secondary N) is 2. The fourth-order valence-corrected chi connectivity index (χ4v) is 6.02. The lowest BCUT2D eigenvalue weighted by Gasteiger charge is -2.42. The molecule has 3 rings (SSSR count). The van der Waals surface area contributed by atoms with Crippen molar-refractivity contribution in [3.05, 3.63) is 33.1 Å². The molecule has 11 atom stereocenters. The van der Waals surface area contributed by atoms with E-state index in [1.165, 1.54) is 13.8 Å². The van der Waals surface area contributed by atoms with E-state index in [1.807, 2.05) is 4.98 Å². The number of hydrogen-bond donors (Lipinski definition) is 9. The van der Waals surface area contributed by atoms with Gasteiger partial charge in [-0.05, 0) is 0 Å². The van der Waals surface area contributed by atoms with E-state index >= 15 is 0 Å². The van der Waals surface area contributed by atoms with Crippen LogP contribution in [0.3, 0.4) is 0 Å². The Morgan fingerprint density at radius 2 is 1.68 bits per heavy atom. The van der Waals surface area contributed by atoms with Gasteiger partial charge in [-0.15, -0.1) is 0 Å². The van der Waals surface area contributed by atoms with E-state index in [9.17, 15) is 58.8 Å². The highest BCUT2D eigenvalue weighted by molar-refractivity contribution is 7.61. The van der Waals surface area contributed by atoms with Crippen molar-refractivity contribution in [2.75, 3.05) is 13.2 Å². The van der Waals surface area contributed by atoms with Crippen molar-refractivity contribution >= 4 is 21.6 Å². The van der Waals surface area contributed by atoms with E-state index in [2.05, 4.69) is 14.2 Å². The minimum atomic E-state index is -5.65. The third-order valence-electron chi connectivity index (χ3n) is 6.02. The van der Waals surface area contributed by atoms with Crippen molar-refractivity contribution in [2.24, 2.45) is 5.92 Å². The van der Waals surface area contributed by atoms with Gasteiger partial charge in [0.05, 0.1) is 13.2 Å². The van der Waals surface area contributed by atoms with Crippen LogP contribution >= 0.6 is 15.6 Å². The van der Waals surface area contributed by atoms with Gasteiger partial charge in [-0.25, -0.2) is 13.9 Å². The summed E-state index contributed by atoms with van der Waals surface area (Å²) in [4.78, 5) is 57.4. The second kappa shape index (κ2) is 13.2. The maximum atomic E-state index is 12.6. The zero-order chi connectivity index (χ0) is 30.9. The lowest BCUT2D eigenvalue weighted by atomic mass is 9.96. The number of aliphatic hydroxyl groups excluding tert-OH is 5. The fraction of sp³-hybridized carbons (Fsp3) is 0.737. The highest BCUT2D eigenvalue weighted by Crippen LogP contribution is 2.61. The monoisotopic (exact) mass is 635 g/mol. The topological polar surface area (TPSA) is 306 Å². The molecule has 22 heteroatoms. The molecule has 234 valence electrons. The minimum Gasteiger partial charge on any atom is -0.394 e. The molecular formula is C19H31N3O17P2. The maximum absolute atomic E-state index is 12.6. The number of amides is 1. The molecule has 0 radical (unpaired) electrons. The van der Waals surface area contributed by atoms with Crippen LogP contribution < -0.4 is 16.6 Å². The summed E-state index contributed by atoms with van der Waals surface area (Å²) in [5.74, 6) is -1.36. The molecule has 0 aliphatic carbocycles. The van der Waals surface area contributed by atoms with Crippen LogP contribution in [-0.2, 0) is 36.8 Å². The predicted molar refractivity (Wildman–Crippen MR) is 130 cm³/mol. The Kier molecular flexibility index (Phi) is 10.8. The Morgan fingerprint density at radius 3 is 2.27 bits per heavy atom. The molecule has 0 saturated carbocycles. The van der Waals surface area contributed by atoms with Crippen LogP contribution in [0.1, 0.15) is 20.1 Å². The van der Waals surface area contributed by atoms with Gasteiger partial charge in [0.25, 0.3) is 5.56 Å². The summed E-state index contributed by atoms with van der Waals surface area (Å²) in [7, 11) is -11.2. The van der Waals surface area contributed by atoms with Gasteiger partial charge in [-0.3, -0.25) is 28.2 Å². The number of carbonyl (C=O) groups is 1. The number of carbonyl (C=O) groups excluding carboxylic acids is 1. The first-order valence-electron chi connectivity index (χ1n) is 11.9. The first-order valence-corrected chi connectivity index (χ1v) is 14.9. The summed E-state index contributed by atoms with van der Waals surface area (Å²) in [6.45, 7) is 1.01. The van der Waals surface area contributed by atoms with Crippen molar-refractivity contribution in [2.45, 2.75) is 69.0 Å². The molecule has 2 saturated heterocycles. The highest BCUT2D eigenvalue weighted by Gasteiger charge is 2.50. The first kappa shape index (κ1) is 33.6. The molecule has 2 aliphatic rings. The van der Waals surface area contributed by atoms with Crippen molar-refractivity contribution in [3.8, 4) is 0 Å². The molecule has 2 fully saturated rings. The van der Waals surface area contributed by atoms with E-state index in [4.69, 9.17) is 14.0 Å². The molecule has 0 bridgehead atoms. The molecule has 0 aromatic carbocycles. The third kappa shape index (κ3) is 8.15. The number of phosphoric acid groups is 2. The molecular weight excluding hydrogens is 604 g/mol. The first-order chi connectivity index (χ1) is 19.0. The van der Waals surface area contributed by atoms with Gasteiger partial charge in [0.15, 0.2) is 12.5 Å². The van der Waals surface area contributed by atoms with Crippen molar-refractivity contribution in [1.29, 1.82) is 0 Å². The van der Waals surface area contributed by atoms with Gasteiger partial charge in [-0.1, -0.05) is 13.8 Å². The summed E-state index contributed by atoms with van der Waals surface area (Å²) < 4.78 is 49.7. The van der Waals surface area contributed by atoms with E-state index in [1.54, 1.807) is 0 Å². The van der Waals surface area contributed by atoms with Crippen LogP contribution in [0, 0.1) is 5.92 Å². The molecule has 41 heavy (non-hydrogen) atoms. The van der Waals surface area contributed by atoms with Crippen LogP contribution in [-0.4, -0.2) is 113 Å². The zero-order valence-corrected chi connectivity index (χ0v) is 23.2. The number of phosphoric ester groups is 2. The van der Waals surface area contributed by atoms with Gasteiger partial charge >= 0.3 is 21.3 Å². The Hall–Kier alpha value is -1.87. The van der Waals surface area contributed by atoms with Crippen LogP contribution in [0.4, 0.5) is 0 Å². The lowest BCUT2D eigenvalue weighted by Crippen LogP contribution is -2.64. The number of nitrogens with zero attached hydrogens (tertiary/aromatic N) is 1. The minimum absolute atomic E-state index is 0.659. The van der Waals surface area contributed by atoms with E-state index < -0.39 is 107 Å². The Labute approximate surface area is 230 Å². The summed E-state index contributed by atoms with van der Waals surface area (Å²) in [6, 6.07) is -0.776. The molecule has 20 nitrogen and oxygen atoms in total. The van der Waals surface area contributed by atoms with E-state index in [0.29, 0.717) is 0 Å². The number of hydrogen-bond acceptors (Lipinski definition) is 15. The van der Waals surface area contributed by atoms with Crippen molar-refractivity contribution in [1.82, 2.24) is 14.9 Å². The molecule has 9 N–H and O–H groups in total. The number of aromatic nitrogens is 2. The highest BCUT2D eigenvalue weighted by atomic mass is 31.3. The molecule has 2 aliphatic heterocycles. The van der Waals surface area contributed by atoms with Gasteiger partial charge < -0.3 is 50.1 Å². The average Bonchev–Trinajstić information content (AvgIpc) is 3.14. The molecule has 2 unspecified atom stereocenters. The zero-order valence-electron chi connectivity index (χ0n) is 21.4. The van der Waals surface area contributed by atoms with Gasteiger partial charge in [0.1, 0.15) is 42.7 Å². The third-order valence-corrected chi connectivity index (χ3v) is 8.62.